The molecule has 1 N–H and O–H groups in total. The minimum absolute atomic E-state index is 0.00248. The van der Waals surface area contributed by atoms with Gasteiger partial charge in [0.15, 0.2) is 6.61 Å². The zero-order chi connectivity index (χ0) is 15.2. The lowest BCUT2D eigenvalue weighted by atomic mass is 10.1. The summed E-state index contributed by atoms with van der Waals surface area (Å²) in [5.41, 5.74) is 1.05. The normalized spacial score (nSPS) is 11.8. The van der Waals surface area contributed by atoms with E-state index in [0.717, 1.165) is 14.5 Å². The van der Waals surface area contributed by atoms with E-state index in [1.54, 1.807) is 0 Å². The first-order chi connectivity index (χ1) is 10.0. The fourth-order valence-corrected chi connectivity index (χ4v) is 2.33. The molecule has 0 aliphatic carbocycles. The molecule has 3 nitrogen and oxygen atoms in total. The van der Waals surface area contributed by atoms with Crippen molar-refractivity contribution >= 4 is 37.8 Å². The van der Waals surface area contributed by atoms with Crippen LogP contribution in [0.3, 0.4) is 0 Å². The first-order valence-electron chi connectivity index (χ1n) is 6.48. The molecule has 0 aliphatic heterocycles. The largest absolute Gasteiger partial charge is 0.484 e. The third kappa shape index (κ3) is 5.17. The van der Waals surface area contributed by atoms with Crippen molar-refractivity contribution in [3.05, 3.63) is 63.0 Å². The Bertz CT molecular complexity index is 597. The van der Waals surface area contributed by atoms with E-state index in [2.05, 4.69) is 37.2 Å². The van der Waals surface area contributed by atoms with Gasteiger partial charge in [-0.3, -0.25) is 4.79 Å². The lowest BCUT2D eigenvalue weighted by Gasteiger charge is -2.15. The first-order valence-corrected chi connectivity index (χ1v) is 8.06. The predicted molar refractivity (Wildman–Crippen MR) is 90.3 cm³/mol. The molecule has 21 heavy (non-hydrogen) atoms. The molecule has 0 saturated carbocycles. The van der Waals surface area contributed by atoms with Gasteiger partial charge >= 0.3 is 0 Å². The first kappa shape index (κ1) is 16.0. The second kappa shape index (κ2) is 7.61. The number of rotatable bonds is 5. The summed E-state index contributed by atoms with van der Waals surface area (Å²) in [7, 11) is 0. The quantitative estimate of drug-likeness (QED) is 0.786. The van der Waals surface area contributed by atoms with Gasteiger partial charge in [-0.2, -0.15) is 0 Å². The van der Waals surface area contributed by atoms with E-state index in [1.165, 1.54) is 0 Å². The van der Waals surface area contributed by atoms with Gasteiger partial charge in [0.05, 0.1) is 6.04 Å². The van der Waals surface area contributed by atoms with E-state index in [9.17, 15) is 4.79 Å². The molecular formula is C16H15Br2NO2. The molecule has 110 valence electrons. The van der Waals surface area contributed by atoms with Gasteiger partial charge in [-0.05, 0) is 48.9 Å². The number of carbonyl (C=O) groups excluding carboxylic acids is 1. The molecular weight excluding hydrogens is 398 g/mol. The molecule has 1 atom stereocenters. The standard InChI is InChI=1S/C16H15Br2NO2/c1-11(12-2-4-13(17)5-3-12)19-16(20)10-21-15-8-6-14(18)7-9-15/h2-9,11H,10H2,1H3,(H,19,20)/t11-/m1/s1. The monoisotopic (exact) mass is 411 g/mol. The van der Waals surface area contributed by atoms with E-state index in [0.29, 0.717) is 5.75 Å². The second-order valence-corrected chi connectivity index (χ2v) is 6.41. The maximum atomic E-state index is 11.9. The van der Waals surface area contributed by atoms with Crippen LogP contribution in [0.5, 0.6) is 5.75 Å². The number of benzene rings is 2. The summed E-state index contributed by atoms with van der Waals surface area (Å²) in [5, 5.41) is 2.91. The molecule has 0 saturated heterocycles. The third-order valence-electron chi connectivity index (χ3n) is 2.93. The van der Waals surface area contributed by atoms with Crippen LogP contribution in [0.2, 0.25) is 0 Å². The number of nitrogens with one attached hydrogen (secondary N) is 1. The Morgan fingerprint density at radius 2 is 1.57 bits per heavy atom. The highest BCUT2D eigenvalue weighted by Gasteiger charge is 2.10. The Morgan fingerprint density at radius 3 is 2.14 bits per heavy atom. The number of halogens is 2. The van der Waals surface area contributed by atoms with Crippen LogP contribution >= 0.6 is 31.9 Å². The lowest BCUT2D eigenvalue weighted by molar-refractivity contribution is -0.123. The van der Waals surface area contributed by atoms with Gasteiger partial charge in [0, 0.05) is 8.95 Å². The van der Waals surface area contributed by atoms with Crippen LogP contribution < -0.4 is 10.1 Å². The summed E-state index contributed by atoms with van der Waals surface area (Å²) in [4.78, 5) is 11.9. The molecule has 0 unspecified atom stereocenters. The van der Waals surface area contributed by atoms with Gasteiger partial charge in [0.1, 0.15) is 5.75 Å². The van der Waals surface area contributed by atoms with E-state index in [4.69, 9.17) is 4.74 Å². The van der Waals surface area contributed by atoms with Crippen LogP contribution in [-0.2, 0) is 4.79 Å². The fourth-order valence-electron chi connectivity index (χ4n) is 1.80. The maximum absolute atomic E-state index is 11.9. The van der Waals surface area contributed by atoms with Crippen molar-refractivity contribution in [2.75, 3.05) is 6.61 Å². The van der Waals surface area contributed by atoms with Gasteiger partial charge in [-0.15, -0.1) is 0 Å². The number of amides is 1. The Morgan fingerprint density at radius 1 is 1.05 bits per heavy atom. The molecule has 1 amide bonds. The molecule has 2 aromatic rings. The number of ether oxygens (including phenoxy) is 1. The summed E-state index contributed by atoms with van der Waals surface area (Å²) in [6, 6.07) is 15.2. The minimum atomic E-state index is -0.145. The van der Waals surface area contributed by atoms with E-state index >= 15 is 0 Å². The molecule has 0 aliphatic rings. The zero-order valence-corrected chi connectivity index (χ0v) is 14.6. The van der Waals surface area contributed by atoms with Gasteiger partial charge in [-0.1, -0.05) is 44.0 Å². The Labute approximate surface area is 141 Å². The van der Waals surface area contributed by atoms with Crippen molar-refractivity contribution in [3.8, 4) is 5.75 Å². The zero-order valence-electron chi connectivity index (χ0n) is 11.5. The molecule has 0 radical (unpaired) electrons. The van der Waals surface area contributed by atoms with Crippen LogP contribution in [0.1, 0.15) is 18.5 Å². The van der Waals surface area contributed by atoms with Gasteiger partial charge < -0.3 is 10.1 Å². The smallest absolute Gasteiger partial charge is 0.258 e. The SMILES string of the molecule is C[C@@H](NC(=O)COc1ccc(Br)cc1)c1ccc(Br)cc1. The fraction of sp³-hybridized carbons (Fsp3) is 0.188. The molecule has 0 bridgehead atoms. The Hall–Kier alpha value is -1.33. The summed E-state index contributed by atoms with van der Waals surface area (Å²) >= 11 is 6.74. The summed E-state index contributed by atoms with van der Waals surface area (Å²) in [6.07, 6.45) is 0. The third-order valence-corrected chi connectivity index (χ3v) is 3.99. The number of carbonyl (C=O) groups is 1. The highest BCUT2D eigenvalue weighted by atomic mass is 79.9. The molecule has 2 aromatic carbocycles. The highest BCUT2D eigenvalue weighted by molar-refractivity contribution is 9.10. The molecule has 2 rings (SSSR count). The van der Waals surface area contributed by atoms with Crippen LogP contribution in [0.4, 0.5) is 0 Å². The average Bonchev–Trinajstić information content (AvgIpc) is 2.47. The van der Waals surface area contributed by atoms with Crippen molar-refractivity contribution in [1.29, 1.82) is 0 Å². The summed E-state index contributed by atoms with van der Waals surface area (Å²) < 4.78 is 7.43. The van der Waals surface area contributed by atoms with Gasteiger partial charge in [-0.25, -0.2) is 0 Å². The van der Waals surface area contributed by atoms with Crippen molar-refractivity contribution in [2.45, 2.75) is 13.0 Å². The summed E-state index contributed by atoms with van der Waals surface area (Å²) in [5.74, 6) is 0.526. The molecule has 0 aromatic heterocycles. The molecule has 0 spiro atoms. The van der Waals surface area contributed by atoms with Crippen molar-refractivity contribution in [1.82, 2.24) is 5.32 Å². The topological polar surface area (TPSA) is 38.3 Å². The number of hydrogen-bond acceptors (Lipinski definition) is 2. The maximum Gasteiger partial charge on any atom is 0.258 e. The van der Waals surface area contributed by atoms with E-state index in [1.807, 2.05) is 55.5 Å². The summed E-state index contributed by atoms with van der Waals surface area (Å²) in [6.45, 7) is 1.95. The van der Waals surface area contributed by atoms with Crippen LogP contribution in [0.15, 0.2) is 57.5 Å². The van der Waals surface area contributed by atoms with Crippen LogP contribution in [-0.4, -0.2) is 12.5 Å². The van der Waals surface area contributed by atoms with Crippen molar-refractivity contribution in [3.63, 3.8) is 0 Å². The molecule has 5 heteroatoms. The minimum Gasteiger partial charge on any atom is -0.484 e. The molecule has 0 heterocycles. The van der Waals surface area contributed by atoms with Crippen molar-refractivity contribution < 1.29 is 9.53 Å². The van der Waals surface area contributed by atoms with Gasteiger partial charge in [0.25, 0.3) is 5.91 Å². The average molecular weight is 413 g/mol. The van der Waals surface area contributed by atoms with Crippen LogP contribution in [0, 0.1) is 0 Å². The van der Waals surface area contributed by atoms with Crippen molar-refractivity contribution in [2.24, 2.45) is 0 Å². The lowest BCUT2D eigenvalue weighted by Crippen LogP contribution is -2.31. The number of hydrogen-bond donors (Lipinski definition) is 1. The van der Waals surface area contributed by atoms with E-state index < -0.39 is 0 Å². The molecule has 0 fully saturated rings. The predicted octanol–water partition coefficient (Wildman–Crippen LogP) is 4.47. The van der Waals surface area contributed by atoms with E-state index in [-0.39, 0.29) is 18.6 Å². The Kier molecular flexibility index (Phi) is 5.82. The highest BCUT2D eigenvalue weighted by Crippen LogP contribution is 2.17. The Balaban J connectivity index is 1.83. The van der Waals surface area contributed by atoms with Crippen LogP contribution in [0.25, 0.3) is 0 Å². The second-order valence-electron chi connectivity index (χ2n) is 4.58. The van der Waals surface area contributed by atoms with Gasteiger partial charge in [0.2, 0.25) is 0 Å².